The third-order valence-electron chi connectivity index (χ3n) is 5.16. The predicted octanol–water partition coefficient (Wildman–Crippen LogP) is 3.45. The fraction of sp³-hybridized carbons (Fsp3) is 0.556. The number of urea groups is 1. The van der Waals surface area contributed by atoms with E-state index >= 15 is 0 Å². The Hall–Kier alpha value is -2.45. The normalized spacial score (nSPS) is 18.8. The van der Waals surface area contributed by atoms with E-state index in [1.54, 1.807) is 4.90 Å². The molecule has 0 atom stereocenters. The van der Waals surface area contributed by atoms with Crippen LogP contribution >= 0.6 is 0 Å². The van der Waals surface area contributed by atoms with Gasteiger partial charge in [0.05, 0.1) is 0 Å². The van der Waals surface area contributed by atoms with Crippen LogP contribution in [0.5, 0.6) is 5.75 Å². The molecule has 27 heavy (non-hydrogen) atoms. The van der Waals surface area contributed by atoms with Crippen molar-refractivity contribution < 1.29 is 27.5 Å². The van der Waals surface area contributed by atoms with Gasteiger partial charge in [-0.15, -0.1) is 13.2 Å². The number of halogens is 3. The second-order valence-electron chi connectivity index (χ2n) is 7.09. The molecule has 2 fully saturated rings. The summed E-state index contributed by atoms with van der Waals surface area (Å²) in [6, 6.07) is 4.76. The Bertz CT molecular complexity index is 690. The molecular formula is C18H22F3N3O3. The van der Waals surface area contributed by atoms with Crippen molar-refractivity contribution in [2.45, 2.75) is 32.5 Å². The molecular weight excluding hydrogens is 363 g/mol. The summed E-state index contributed by atoms with van der Waals surface area (Å²) in [5, 5.41) is 2.69. The number of alkyl halides is 3. The Morgan fingerprint density at radius 1 is 1.11 bits per heavy atom. The van der Waals surface area contributed by atoms with E-state index in [0.29, 0.717) is 25.2 Å². The van der Waals surface area contributed by atoms with Crippen LogP contribution in [0.1, 0.15) is 26.2 Å². The largest absolute Gasteiger partial charge is 0.573 e. The van der Waals surface area contributed by atoms with Crippen LogP contribution in [-0.4, -0.2) is 54.3 Å². The quantitative estimate of drug-likeness (QED) is 0.867. The molecule has 0 aromatic heterocycles. The van der Waals surface area contributed by atoms with Gasteiger partial charge in [0.15, 0.2) is 0 Å². The Morgan fingerprint density at radius 2 is 1.70 bits per heavy atom. The molecule has 0 radical (unpaired) electrons. The molecule has 0 saturated carbocycles. The van der Waals surface area contributed by atoms with Crippen molar-refractivity contribution in [1.29, 1.82) is 0 Å². The lowest BCUT2D eigenvalue weighted by atomic mass is 9.72. The zero-order chi connectivity index (χ0) is 19.7. The number of hydrogen-bond donors (Lipinski definition) is 1. The van der Waals surface area contributed by atoms with Crippen molar-refractivity contribution in [2.75, 3.05) is 31.5 Å². The summed E-state index contributed by atoms with van der Waals surface area (Å²) >= 11 is 0. The summed E-state index contributed by atoms with van der Waals surface area (Å²) in [5.74, 6) is -0.171. The summed E-state index contributed by atoms with van der Waals surface area (Å²) in [6.45, 7) is 4.55. The van der Waals surface area contributed by atoms with Gasteiger partial charge in [-0.05, 0) is 37.1 Å². The SMILES string of the molecule is CCC(=O)N1CC2(CCN(C(=O)Nc3ccc(OC(F)(F)F)cc3)CC2)C1. The summed E-state index contributed by atoms with van der Waals surface area (Å²) in [4.78, 5) is 27.6. The number of benzene rings is 1. The van der Waals surface area contributed by atoms with Crippen molar-refractivity contribution >= 4 is 17.6 Å². The highest BCUT2D eigenvalue weighted by Crippen LogP contribution is 2.40. The first-order valence-electron chi connectivity index (χ1n) is 8.89. The average molecular weight is 385 g/mol. The molecule has 2 aliphatic rings. The van der Waals surface area contributed by atoms with Crippen molar-refractivity contribution in [1.82, 2.24) is 9.80 Å². The van der Waals surface area contributed by atoms with E-state index in [1.807, 2.05) is 11.8 Å². The minimum atomic E-state index is -4.74. The minimum Gasteiger partial charge on any atom is -0.406 e. The van der Waals surface area contributed by atoms with Gasteiger partial charge in [-0.2, -0.15) is 0 Å². The fourth-order valence-electron chi connectivity index (χ4n) is 3.61. The van der Waals surface area contributed by atoms with Crippen LogP contribution in [-0.2, 0) is 4.79 Å². The molecule has 2 aliphatic heterocycles. The number of carbonyl (C=O) groups excluding carboxylic acids is 2. The van der Waals surface area contributed by atoms with Gasteiger partial charge in [0.1, 0.15) is 5.75 Å². The molecule has 0 aliphatic carbocycles. The van der Waals surface area contributed by atoms with Gasteiger partial charge in [-0.25, -0.2) is 4.79 Å². The highest BCUT2D eigenvalue weighted by molar-refractivity contribution is 5.89. The lowest BCUT2D eigenvalue weighted by Gasteiger charge is -2.53. The molecule has 1 aromatic rings. The first kappa shape index (κ1) is 19.3. The highest BCUT2D eigenvalue weighted by Gasteiger charge is 2.46. The molecule has 1 spiro atoms. The van der Waals surface area contributed by atoms with E-state index in [2.05, 4.69) is 10.1 Å². The molecule has 3 amide bonds. The maximum absolute atomic E-state index is 12.4. The predicted molar refractivity (Wildman–Crippen MR) is 92.3 cm³/mol. The topological polar surface area (TPSA) is 61.9 Å². The summed E-state index contributed by atoms with van der Waals surface area (Å²) in [7, 11) is 0. The third-order valence-corrected chi connectivity index (χ3v) is 5.16. The van der Waals surface area contributed by atoms with Gasteiger partial charge in [0, 0.05) is 43.7 Å². The van der Waals surface area contributed by atoms with Crippen molar-refractivity contribution in [3.63, 3.8) is 0 Å². The molecule has 9 heteroatoms. The van der Waals surface area contributed by atoms with Crippen molar-refractivity contribution in [3.8, 4) is 5.75 Å². The number of rotatable bonds is 3. The van der Waals surface area contributed by atoms with Crippen LogP contribution in [0.15, 0.2) is 24.3 Å². The lowest BCUT2D eigenvalue weighted by molar-refractivity contribution is -0.274. The summed E-state index contributed by atoms with van der Waals surface area (Å²) in [5.41, 5.74) is 0.524. The molecule has 2 heterocycles. The van der Waals surface area contributed by atoms with E-state index in [-0.39, 0.29) is 23.1 Å². The fourth-order valence-corrected chi connectivity index (χ4v) is 3.61. The molecule has 0 unspecified atom stereocenters. The second kappa shape index (κ2) is 7.28. The van der Waals surface area contributed by atoms with Gasteiger partial charge in [-0.1, -0.05) is 6.92 Å². The molecule has 6 nitrogen and oxygen atoms in total. The molecule has 2 saturated heterocycles. The number of nitrogens with one attached hydrogen (secondary N) is 1. The van der Waals surface area contributed by atoms with Gasteiger partial charge in [-0.3, -0.25) is 4.79 Å². The summed E-state index contributed by atoms with van der Waals surface area (Å²) in [6.07, 6.45) is -2.55. The number of anilines is 1. The van der Waals surface area contributed by atoms with Crippen LogP contribution in [0.3, 0.4) is 0 Å². The maximum Gasteiger partial charge on any atom is 0.573 e. The van der Waals surface area contributed by atoms with Crippen LogP contribution in [0, 0.1) is 5.41 Å². The van der Waals surface area contributed by atoms with Gasteiger partial charge in [0.25, 0.3) is 0 Å². The molecule has 148 valence electrons. The molecule has 3 rings (SSSR count). The second-order valence-corrected chi connectivity index (χ2v) is 7.09. The average Bonchev–Trinajstić information content (AvgIpc) is 2.59. The van der Waals surface area contributed by atoms with E-state index in [4.69, 9.17) is 0 Å². The Morgan fingerprint density at radius 3 is 2.22 bits per heavy atom. The van der Waals surface area contributed by atoms with Crippen molar-refractivity contribution in [2.24, 2.45) is 5.41 Å². The number of nitrogens with zero attached hydrogens (tertiary/aromatic N) is 2. The van der Waals surface area contributed by atoms with Crippen molar-refractivity contribution in [3.05, 3.63) is 24.3 Å². The van der Waals surface area contributed by atoms with Gasteiger partial charge in [0.2, 0.25) is 5.91 Å². The van der Waals surface area contributed by atoms with Gasteiger partial charge < -0.3 is 19.9 Å². The lowest BCUT2D eigenvalue weighted by Crippen LogP contribution is -2.62. The first-order chi connectivity index (χ1) is 12.7. The van der Waals surface area contributed by atoms with E-state index < -0.39 is 6.36 Å². The number of ether oxygens (including phenoxy) is 1. The number of amides is 3. The minimum absolute atomic E-state index is 0.123. The van der Waals surface area contributed by atoms with Crippen LogP contribution < -0.4 is 10.1 Å². The van der Waals surface area contributed by atoms with E-state index in [9.17, 15) is 22.8 Å². The van der Waals surface area contributed by atoms with E-state index in [1.165, 1.54) is 12.1 Å². The smallest absolute Gasteiger partial charge is 0.406 e. The molecule has 1 N–H and O–H groups in total. The van der Waals surface area contributed by atoms with Crippen LogP contribution in [0.2, 0.25) is 0 Å². The molecule has 0 bridgehead atoms. The Balaban J connectivity index is 1.47. The number of carbonyl (C=O) groups is 2. The first-order valence-corrected chi connectivity index (χ1v) is 8.89. The summed E-state index contributed by atoms with van der Waals surface area (Å²) < 4.78 is 40.3. The Kier molecular flexibility index (Phi) is 5.21. The standard InChI is InChI=1S/C18H22F3N3O3/c1-2-15(25)24-11-17(12-24)7-9-23(10-8-17)16(26)22-13-3-5-14(6-4-13)27-18(19,20)21/h3-6H,2,7-12H2,1H3,(H,22,26). The van der Waals surface area contributed by atoms with Crippen LogP contribution in [0.25, 0.3) is 0 Å². The monoisotopic (exact) mass is 385 g/mol. The zero-order valence-electron chi connectivity index (χ0n) is 15.0. The Labute approximate surface area is 155 Å². The van der Waals surface area contributed by atoms with Gasteiger partial charge >= 0.3 is 12.4 Å². The maximum atomic E-state index is 12.4. The zero-order valence-corrected chi connectivity index (χ0v) is 15.0. The number of likely N-dealkylation sites (tertiary alicyclic amines) is 2. The number of hydrogen-bond acceptors (Lipinski definition) is 3. The molecule has 1 aromatic carbocycles. The van der Waals surface area contributed by atoms with Crippen LogP contribution in [0.4, 0.5) is 23.7 Å². The highest BCUT2D eigenvalue weighted by atomic mass is 19.4. The van der Waals surface area contributed by atoms with E-state index in [0.717, 1.165) is 38.1 Å². The third kappa shape index (κ3) is 4.64. The number of piperidine rings is 1.